The molecule has 0 saturated heterocycles. The van der Waals surface area contributed by atoms with Crippen molar-refractivity contribution < 1.29 is 39.5 Å². The van der Waals surface area contributed by atoms with E-state index in [4.69, 9.17) is 24.8 Å². The number of carboxylic acid groups (broad SMARTS) is 1. The fourth-order valence-corrected chi connectivity index (χ4v) is 1.96. The minimum Gasteiger partial charge on any atom is -0.504 e. The van der Waals surface area contributed by atoms with Gasteiger partial charge in [-0.05, 0) is 54.5 Å². The van der Waals surface area contributed by atoms with Crippen LogP contribution in [-0.2, 0) is 14.3 Å². The number of rotatable bonds is 6. The van der Waals surface area contributed by atoms with Gasteiger partial charge in [0, 0.05) is 12.2 Å². The molecule has 2 aromatic carbocycles. The van der Waals surface area contributed by atoms with Crippen LogP contribution < -0.4 is 4.74 Å². The molecule has 0 saturated carbocycles. The summed E-state index contributed by atoms with van der Waals surface area (Å²) >= 11 is 0. The molecule has 0 fully saturated rings. The normalized spacial score (nSPS) is 10.4. The molecule has 0 aromatic heterocycles. The lowest BCUT2D eigenvalue weighted by atomic mass is 10.2. The number of ether oxygens (including phenoxy) is 2. The van der Waals surface area contributed by atoms with E-state index in [0.717, 1.165) is 11.6 Å². The van der Waals surface area contributed by atoms with Gasteiger partial charge in [-0.25, -0.2) is 9.59 Å². The molecule has 0 unspecified atom stereocenters. The SMILES string of the molecule is CCOC(=O)/C=C/c1ccc(O)c(OC)c1.O=C(O)/C=C/c1ccc(O)c(O)c1. The average Bonchev–Trinajstić information content (AvgIpc) is 2.69. The lowest BCUT2D eigenvalue weighted by molar-refractivity contribution is -0.137. The summed E-state index contributed by atoms with van der Waals surface area (Å²) in [4.78, 5) is 21.2. The number of hydrogen-bond donors (Lipinski definition) is 4. The maximum Gasteiger partial charge on any atom is 0.330 e. The number of benzene rings is 2. The quantitative estimate of drug-likeness (QED) is 0.329. The van der Waals surface area contributed by atoms with E-state index in [9.17, 15) is 14.7 Å². The summed E-state index contributed by atoms with van der Waals surface area (Å²) < 4.78 is 9.68. The zero-order chi connectivity index (χ0) is 21.8. The lowest BCUT2D eigenvalue weighted by Crippen LogP contribution is -1.98. The third kappa shape index (κ3) is 8.53. The first kappa shape index (κ1) is 23.1. The number of esters is 1. The highest BCUT2D eigenvalue weighted by Crippen LogP contribution is 2.27. The Kier molecular flexibility index (Phi) is 9.32. The molecule has 0 radical (unpaired) electrons. The molecule has 0 spiro atoms. The highest BCUT2D eigenvalue weighted by Gasteiger charge is 2.01. The molecule has 8 heteroatoms. The second-order valence-electron chi connectivity index (χ2n) is 5.44. The summed E-state index contributed by atoms with van der Waals surface area (Å²) in [5.41, 5.74) is 1.26. The number of hydrogen-bond acceptors (Lipinski definition) is 7. The van der Waals surface area contributed by atoms with E-state index >= 15 is 0 Å². The van der Waals surface area contributed by atoms with Crippen molar-refractivity contribution in [2.75, 3.05) is 13.7 Å². The van der Waals surface area contributed by atoms with Gasteiger partial charge in [0.15, 0.2) is 23.0 Å². The van der Waals surface area contributed by atoms with Crippen LogP contribution in [0.2, 0.25) is 0 Å². The monoisotopic (exact) mass is 402 g/mol. The van der Waals surface area contributed by atoms with Gasteiger partial charge in [-0.1, -0.05) is 12.1 Å². The van der Waals surface area contributed by atoms with Gasteiger partial charge >= 0.3 is 11.9 Å². The molecule has 8 nitrogen and oxygen atoms in total. The highest BCUT2D eigenvalue weighted by atomic mass is 16.5. The first-order chi connectivity index (χ1) is 13.8. The third-order valence-corrected chi connectivity index (χ3v) is 3.32. The molecule has 0 aliphatic rings. The average molecular weight is 402 g/mol. The van der Waals surface area contributed by atoms with Gasteiger partial charge in [-0.15, -0.1) is 0 Å². The third-order valence-electron chi connectivity index (χ3n) is 3.32. The van der Waals surface area contributed by atoms with Crippen molar-refractivity contribution in [2.24, 2.45) is 0 Å². The summed E-state index contributed by atoms with van der Waals surface area (Å²) in [5, 5.41) is 35.6. The summed E-state index contributed by atoms with van der Waals surface area (Å²) in [6.07, 6.45) is 5.20. The predicted molar refractivity (Wildman–Crippen MR) is 107 cm³/mol. The Bertz CT molecular complexity index is 900. The molecule has 2 rings (SSSR count). The van der Waals surface area contributed by atoms with Crippen LogP contribution >= 0.6 is 0 Å². The summed E-state index contributed by atoms with van der Waals surface area (Å²) in [5.74, 6) is -1.52. The van der Waals surface area contributed by atoms with Crippen LogP contribution in [0.5, 0.6) is 23.0 Å². The molecule has 0 bridgehead atoms. The van der Waals surface area contributed by atoms with Crippen molar-refractivity contribution in [1.82, 2.24) is 0 Å². The standard InChI is InChI=1S/C12H14O4.C9H8O4/c1-3-16-12(14)7-5-9-4-6-10(13)11(8-9)15-2;10-7-3-1-6(5-8(7)11)2-4-9(12)13/h4-8,13H,3H2,1-2H3;1-5,10-11H,(H,12,13)/b7-5+;4-2+. The van der Waals surface area contributed by atoms with Crippen LogP contribution in [0.25, 0.3) is 12.2 Å². The Labute approximate surface area is 167 Å². The minimum atomic E-state index is -1.06. The molecule has 0 heterocycles. The summed E-state index contributed by atoms with van der Waals surface area (Å²) in [6, 6.07) is 8.86. The Hall–Kier alpha value is -3.94. The van der Waals surface area contributed by atoms with Crippen molar-refractivity contribution in [2.45, 2.75) is 6.92 Å². The highest BCUT2D eigenvalue weighted by molar-refractivity contribution is 5.87. The van der Waals surface area contributed by atoms with Crippen LogP contribution in [0.1, 0.15) is 18.1 Å². The topological polar surface area (TPSA) is 134 Å². The zero-order valence-electron chi connectivity index (χ0n) is 15.9. The predicted octanol–water partition coefficient (Wildman–Crippen LogP) is 3.17. The molecule has 154 valence electrons. The Morgan fingerprint density at radius 3 is 2.03 bits per heavy atom. The van der Waals surface area contributed by atoms with Gasteiger partial charge in [0.25, 0.3) is 0 Å². The zero-order valence-corrected chi connectivity index (χ0v) is 15.9. The van der Waals surface area contributed by atoms with E-state index in [1.54, 1.807) is 25.1 Å². The second-order valence-corrected chi connectivity index (χ2v) is 5.44. The summed E-state index contributed by atoms with van der Waals surface area (Å²) in [6.45, 7) is 2.09. The van der Waals surface area contributed by atoms with Crippen LogP contribution in [0, 0.1) is 0 Å². The lowest BCUT2D eigenvalue weighted by Gasteiger charge is -2.03. The van der Waals surface area contributed by atoms with Gasteiger partial charge in [0.1, 0.15) is 0 Å². The van der Waals surface area contributed by atoms with Crippen molar-refractivity contribution in [3.8, 4) is 23.0 Å². The van der Waals surface area contributed by atoms with Crippen molar-refractivity contribution >= 4 is 24.1 Å². The number of carboxylic acids is 1. The number of aliphatic carboxylic acids is 1. The van der Waals surface area contributed by atoms with E-state index in [1.807, 2.05) is 0 Å². The molecular weight excluding hydrogens is 380 g/mol. The summed E-state index contributed by atoms with van der Waals surface area (Å²) in [7, 11) is 1.47. The smallest absolute Gasteiger partial charge is 0.330 e. The van der Waals surface area contributed by atoms with E-state index < -0.39 is 11.9 Å². The number of carbonyl (C=O) groups excluding carboxylic acids is 1. The van der Waals surface area contributed by atoms with Crippen LogP contribution in [-0.4, -0.2) is 46.1 Å². The Morgan fingerprint density at radius 2 is 1.48 bits per heavy atom. The second kappa shape index (κ2) is 11.7. The number of phenolic OH excluding ortho intramolecular Hbond substituents is 3. The number of carbonyl (C=O) groups is 2. The van der Waals surface area contributed by atoms with E-state index in [0.29, 0.717) is 17.9 Å². The molecule has 0 aliphatic heterocycles. The van der Waals surface area contributed by atoms with E-state index in [2.05, 4.69) is 0 Å². The van der Waals surface area contributed by atoms with E-state index in [-0.39, 0.29) is 17.2 Å². The molecular formula is C21H22O8. The van der Waals surface area contributed by atoms with Gasteiger partial charge in [0.2, 0.25) is 0 Å². The van der Waals surface area contributed by atoms with Crippen molar-refractivity contribution in [1.29, 1.82) is 0 Å². The van der Waals surface area contributed by atoms with Crippen LogP contribution in [0.15, 0.2) is 48.6 Å². The van der Waals surface area contributed by atoms with Crippen molar-refractivity contribution in [3.05, 3.63) is 59.7 Å². The van der Waals surface area contributed by atoms with Gasteiger partial charge in [0.05, 0.1) is 13.7 Å². The van der Waals surface area contributed by atoms with Gasteiger partial charge in [-0.2, -0.15) is 0 Å². The fourth-order valence-electron chi connectivity index (χ4n) is 1.96. The van der Waals surface area contributed by atoms with Crippen LogP contribution in [0.3, 0.4) is 0 Å². The van der Waals surface area contributed by atoms with Gasteiger partial charge in [-0.3, -0.25) is 0 Å². The van der Waals surface area contributed by atoms with Gasteiger partial charge < -0.3 is 29.9 Å². The minimum absolute atomic E-state index is 0.0655. The number of phenols is 3. The number of methoxy groups -OCH3 is 1. The molecule has 2 aromatic rings. The van der Waals surface area contributed by atoms with Crippen molar-refractivity contribution in [3.63, 3.8) is 0 Å². The molecule has 4 N–H and O–H groups in total. The number of aromatic hydroxyl groups is 3. The maximum absolute atomic E-state index is 11.0. The molecule has 0 aliphatic carbocycles. The Balaban J connectivity index is 0.000000296. The van der Waals surface area contributed by atoms with E-state index in [1.165, 1.54) is 43.5 Å². The Morgan fingerprint density at radius 1 is 0.897 bits per heavy atom. The maximum atomic E-state index is 11.0. The first-order valence-corrected chi connectivity index (χ1v) is 8.41. The first-order valence-electron chi connectivity index (χ1n) is 8.41. The molecule has 0 atom stereocenters. The largest absolute Gasteiger partial charge is 0.504 e. The fraction of sp³-hybridized carbons (Fsp3) is 0.143. The van der Waals surface area contributed by atoms with Crippen LogP contribution in [0.4, 0.5) is 0 Å². The molecule has 29 heavy (non-hydrogen) atoms. The molecule has 0 amide bonds.